The van der Waals surface area contributed by atoms with Gasteiger partial charge in [0.05, 0.1) is 11.5 Å². The molecule has 5 heteroatoms. The lowest BCUT2D eigenvalue weighted by Gasteiger charge is -2.41. The fraction of sp³-hybridized carbons (Fsp3) is 0.562. The molecule has 1 unspecified atom stereocenters. The molecule has 0 aliphatic rings. The normalized spacial score (nSPS) is 14.0. The monoisotopic (exact) mass is 298 g/mol. The van der Waals surface area contributed by atoms with E-state index in [0.29, 0.717) is 0 Å². The molecule has 1 rings (SSSR count). The van der Waals surface area contributed by atoms with Crippen LogP contribution in [0.3, 0.4) is 0 Å². The first-order valence-electron chi connectivity index (χ1n) is 6.90. The van der Waals surface area contributed by atoms with E-state index in [4.69, 9.17) is 5.73 Å². The Labute approximate surface area is 125 Å². The molecule has 21 heavy (non-hydrogen) atoms. The van der Waals surface area contributed by atoms with Crippen molar-refractivity contribution in [3.8, 4) is 0 Å². The van der Waals surface area contributed by atoms with Gasteiger partial charge in [0.2, 0.25) is 5.91 Å². The molecule has 0 heterocycles. The molecule has 2 N–H and O–H groups in total. The van der Waals surface area contributed by atoms with Crippen molar-refractivity contribution in [1.82, 2.24) is 4.90 Å². The molecule has 0 saturated heterocycles. The maximum absolute atomic E-state index is 13.8. The molecule has 0 fully saturated rings. The average Bonchev–Trinajstić information content (AvgIpc) is 2.37. The SMILES string of the molecule is CC(c1cc(F)ccc1F)N(C)C(=O)C(C)(C)C(C)(C)N. The van der Waals surface area contributed by atoms with Gasteiger partial charge in [-0.1, -0.05) is 0 Å². The van der Waals surface area contributed by atoms with Gasteiger partial charge in [-0.15, -0.1) is 0 Å². The fourth-order valence-corrected chi connectivity index (χ4v) is 1.94. The highest BCUT2D eigenvalue weighted by atomic mass is 19.1. The van der Waals surface area contributed by atoms with E-state index >= 15 is 0 Å². The highest BCUT2D eigenvalue weighted by Gasteiger charge is 2.43. The Morgan fingerprint density at radius 3 is 2.24 bits per heavy atom. The van der Waals surface area contributed by atoms with Crippen LogP contribution in [-0.2, 0) is 4.79 Å². The molecule has 0 saturated carbocycles. The van der Waals surface area contributed by atoms with Gasteiger partial charge in [-0.05, 0) is 52.8 Å². The molecular weight excluding hydrogens is 274 g/mol. The minimum Gasteiger partial charge on any atom is -0.338 e. The van der Waals surface area contributed by atoms with E-state index in [1.165, 1.54) is 4.90 Å². The van der Waals surface area contributed by atoms with Crippen molar-refractivity contribution >= 4 is 5.91 Å². The maximum atomic E-state index is 13.8. The van der Waals surface area contributed by atoms with Crippen LogP contribution in [0.15, 0.2) is 18.2 Å². The Hall–Kier alpha value is -1.49. The lowest BCUT2D eigenvalue weighted by atomic mass is 9.74. The van der Waals surface area contributed by atoms with Crippen molar-refractivity contribution in [3.63, 3.8) is 0 Å². The Morgan fingerprint density at radius 2 is 1.76 bits per heavy atom. The Balaban J connectivity index is 3.11. The first-order valence-corrected chi connectivity index (χ1v) is 6.90. The van der Waals surface area contributed by atoms with Crippen molar-refractivity contribution in [2.45, 2.75) is 46.2 Å². The van der Waals surface area contributed by atoms with E-state index < -0.39 is 28.6 Å². The number of nitrogens with zero attached hydrogens (tertiary/aromatic N) is 1. The van der Waals surface area contributed by atoms with E-state index in [2.05, 4.69) is 0 Å². The van der Waals surface area contributed by atoms with E-state index in [0.717, 1.165) is 18.2 Å². The van der Waals surface area contributed by atoms with Crippen LogP contribution in [0.5, 0.6) is 0 Å². The number of hydrogen-bond acceptors (Lipinski definition) is 2. The van der Waals surface area contributed by atoms with Crippen molar-refractivity contribution in [2.75, 3.05) is 7.05 Å². The van der Waals surface area contributed by atoms with Gasteiger partial charge < -0.3 is 10.6 Å². The molecule has 118 valence electrons. The van der Waals surface area contributed by atoms with E-state index in [1.807, 2.05) is 0 Å². The Morgan fingerprint density at radius 1 is 1.24 bits per heavy atom. The van der Waals surface area contributed by atoms with Gasteiger partial charge in [0.1, 0.15) is 11.6 Å². The van der Waals surface area contributed by atoms with Crippen LogP contribution in [-0.4, -0.2) is 23.4 Å². The summed E-state index contributed by atoms with van der Waals surface area (Å²) in [6.45, 7) is 8.70. The number of rotatable bonds is 4. The fourth-order valence-electron chi connectivity index (χ4n) is 1.94. The Kier molecular flexibility index (Phi) is 4.78. The second-order valence-corrected chi connectivity index (χ2v) is 6.60. The molecule has 0 aliphatic heterocycles. The summed E-state index contributed by atoms with van der Waals surface area (Å²) >= 11 is 0. The molecule has 0 radical (unpaired) electrons. The van der Waals surface area contributed by atoms with Gasteiger partial charge in [0.25, 0.3) is 0 Å². The highest BCUT2D eigenvalue weighted by molar-refractivity contribution is 5.83. The van der Waals surface area contributed by atoms with Crippen molar-refractivity contribution in [1.29, 1.82) is 0 Å². The summed E-state index contributed by atoms with van der Waals surface area (Å²) in [5, 5.41) is 0. The standard InChI is InChI=1S/C16H24F2N2O/c1-10(12-9-11(17)7-8-13(12)18)20(6)14(21)15(2,3)16(4,5)19/h7-10H,19H2,1-6H3. The number of benzene rings is 1. The third-order valence-electron chi connectivity index (χ3n) is 4.45. The molecular formula is C16H24F2N2O. The van der Waals surface area contributed by atoms with Crippen LogP contribution in [0.25, 0.3) is 0 Å². The first kappa shape index (κ1) is 17.6. The highest BCUT2D eigenvalue weighted by Crippen LogP contribution is 2.33. The van der Waals surface area contributed by atoms with E-state index in [-0.39, 0.29) is 11.5 Å². The van der Waals surface area contributed by atoms with Crippen LogP contribution in [0, 0.1) is 17.0 Å². The van der Waals surface area contributed by atoms with Crippen LogP contribution in [0.4, 0.5) is 8.78 Å². The number of amides is 1. The largest absolute Gasteiger partial charge is 0.338 e. The molecule has 0 aliphatic carbocycles. The molecule has 1 aromatic rings. The van der Waals surface area contributed by atoms with Gasteiger partial charge in [0.15, 0.2) is 0 Å². The summed E-state index contributed by atoms with van der Waals surface area (Å²) in [6, 6.07) is 2.65. The predicted octanol–water partition coefficient (Wildman–Crippen LogP) is 3.25. The summed E-state index contributed by atoms with van der Waals surface area (Å²) in [7, 11) is 1.57. The molecule has 3 nitrogen and oxygen atoms in total. The minimum atomic E-state index is -0.834. The summed E-state index contributed by atoms with van der Waals surface area (Å²) < 4.78 is 27.2. The molecule has 1 amide bonds. The second kappa shape index (κ2) is 5.72. The number of nitrogens with two attached hydrogens (primary N) is 1. The quantitative estimate of drug-likeness (QED) is 0.927. The first-order chi connectivity index (χ1) is 9.39. The van der Waals surface area contributed by atoms with Gasteiger partial charge in [-0.25, -0.2) is 8.78 Å². The molecule has 0 spiro atoms. The van der Waals surface area contributed by atoms with Crippen LogP contribution in [0.1, 0.15) is 46.2 Å². The zero-order valence-electron chi connectivity index (χ0n) is 13.5. The third-order valence-corrected chi connectivity index (χ3v) is 4.45. The number of carbonyl (C=O) groups is 1. The lowest BCUT2D eigenvalue weighted by molar-refractivity contribution is -0.144. The number of hydrogen-bond donors (Lipinski definition) is 1. The molecule has 0 aromatic heterocycles. The predicted molar refractivity (Wildman–Crippen MR) is 79.6 cm³/mol. The van der Waals surface area contributed by atoms with Crippen LogP contribution >= 0.6 is 0 Å². The summed E-state index contributed by atoms with van der Waals surface area (Å²) in [4.78, 5) is 14.1. The molecule has 1 atom stereocenters. The lowest BCUT2D eigenvalue weighted by Crippen LogP contribution is -2.56. The smallest absolute Gasteiger partial charge is 0.230 e. The van der Waals surface area contributed by atoms with Gasteiger partial charge in [-0.2, -0.15) is 0 Å². The number of carbonyl (C=O) groups excluding carboxylic acids is 1. The second-order valence-electron chi connectivity index (χ2n) is 6.60. The summed E-state index contributed by atoms with van der Waals surface area (Å²) in [5.41, 5.74) is 4.64. The number of halogens is 2. The van der Waals surface area contributed by atoms with Gasteiger partial charge >= 0.3 is 0 Å². The topological polar surface area (TPSA) is 46.3 Å². The minimum absolute atomic E-state index is 0.150. The van der Waals surface area contributed by atoms with Crippen molar-refractivity contribution < 1.29 is 13.6 Å². The van der Waals surface area contributed by atoms with Crippen LogP contribution in [0.2, 0.25) is 0 Å². The molecule has 0 bridgehead atoms. The molecule has 1 aromatic carbocycles. The zero-order chi connectivity index (χ0) is 16.6. The van der Waals surface area contributed by atoms with Gasteiger partial charge in [0, 0.05) is 18.2 Å². The van der Waals surface area contributed by atoms with Crippen molar-refractivity contribution in [2.24, 2.45) is 11.1 Å². The van der Waals surface area contributed by atoms with E-state index in [9.17, 15) is 13.6 Å². The van der Waals surface area contributed by atoms with Crippen molar-refractivity contribution in [3.05, 3.63) is 35.4 Å². The van der Waals surface area contributed by atoms with Crippen LogP contribution < -0.4 is 5.73 Å². The average molecular weight is 298 g/mol. The summed E-state index contributed by atoms with van der Waals surface area (Å²) in [6.07, 6.45) is 0. The van der Waals surface area contributed by atoms with Gasteiger partial charge in [-0.3, -0.25) is 4.79 Å². The zero-order valence-corrected chi connectivity index (χ0v) is 13.5. The Bertz CT molecular complexity index is 536. The maximum Gasteiger partial charge on any atom is 0.230 e. The van der Waals surface area contributed by atoms with E-state index in [1.54, 1.807) is 41.7 Å². The summed E-state index contributed by atoms with van der Waals surface area (Å²) in [5.74, 6) is -1.28. The third kappa shape index (κ3) is 3.40.